The summed E-state index contributed by atoms with van der Waals surface area (Å²) in [5.41, 5.74) is -1.17. The monoisotopic (exact) mass is 421 g/mol. The number of carbonyl (C=O) groups is 1. The second-order valence-corrected chi connectivity index (χ2v) is 7.34. The minimum absolute atomic E-state index is 0.0602. The summed E-state index contributed by atoms with van der Waals surface area (Å²) in [5.74, 6) is -0.607. The van der Waals surface area contributed by atoms with Gasteiger partial charge in [-0.3, -0.25) is 18.9 Å². The smallest absolute Gasteiger partial charge is 0.330 e. The van der Waals surface area contributed by atoms with Crippen LogP contribution in [-0.2, 0) is 23.4 Å². The molecule has 27 heavy (non-hydrogen) atoms. The van der Waals surface area contributed by atoms with E-state index < -0.39 is 49.1 Å². The topological polar surface area (TPSA) is 129 Å². The normalized spacial score (nSPS) is 24.3. The number of aromatic nitrogens is 2. The van der Waals surface area contributed by atoms with Gasteiger partial charge in [-0.05, 0) is 13.3 Å². The Hall–Kier alpha value is -1.71. The Morgan fingerprint density at radius 3 is 3.00 bits per heavy atom. The number of hydrogen-bond acceptors (Lipinski definition) is 7. The molecule has 5 atom stereocenters. The van der Waals surface area contributed by atoms with Crippen LogP contribution in [0.15, 0.2) is 34.5 Å². The van der Waals surface area contributed by atoms with Crippen LogP contribution in [0.4, 0.5) is 0 Å². The van der Waals surface area contributed by atoms with E-state index >= 15 is 0 Å². The molecular weight excluding hydrogens is 401 g/mol. The average molecular weight is 422 g/mol. The van der Waals surface area contributed by atoms with Crippen LogP contribution in [-0.4, -0.2) is 46.3 Å². The van der Waals surface area contributed by atoms with Crippen molar-refractivity contribution in [2.45, 2.75) is 37.1 Å². The fourth-order valence-electron chi connectivity index (χ4n) is 2.46. The molecule has 0 amide bonds. The van der Waals surface area contributed by atoms with Gasteiger partial charge < -0.3 is 14.0 Å². The zero-order valence-electron chi connectivity index (χ0n) is 14.6. The largest absolute Gasteiger partial charge is 0.465 e. The lowest BCUT2D eigenvalue weighted by molar-refractivity contribution is -0.143. The van der Waals surface area contributed by atoms with Gasteiger partial charge in [0.15, 0.2) is 6.23 Å². The lowest BCUT2D eigenvalue weighted by Crippen LogP contribution is -2.34. The molecule has 1 aliphatic heterocycles. The van der Waals surface area contributed by atoms with Gasteiger partial charge in [0.2, 0.25) is 0 Å². The number of esters is 1. The van der Waals surface area contributed by atoms with Crippen molar-refractivity contribution in [3.05, 3.63) is 45.8 Å². The number of halogens is 1. The average Bonchev–Trinajstić information content (AvgIpc) is 2.98. The molecule has 1 aliphatic rings. The number of nitrogens with one attached hydrogen (secondary N) is 2. The van der Waals surface area contributed by atoms with Gasteiger partial charge in [0, 0.05) is 12.3 Å². The molecule has 10 nitrogen and oxygen atoms in total. The summed E-state index contributed by atoms with van der Waals surface area (Å²) in [6.07, 6.45) is 1.60. The highest BCUT2D eigenvalue weighted by Gasteiger charge is 2.36. The van der Waals surface area contributed by atoms with E-state index in [2.05, 4.69) is 16.7 Å². The van der Waals surface area contributed by atoms with Crippen molar-refractivity contribution in [1.29, 1.82) is 0 Å². The van der Waals surface area contributed by atoms with Crippen LogP contribution in [0.3, 0.4) is 0 Å². The quantitative estimate of drug-likeness (QED) is 0.256. The SMILES string of the molecule is C=C[C@H](N[PH](=O)OC[C@@H]1C[C@H](Cl)[C@H](n2ccc(=O)[nH]c2=O)O1)C(=O)OCC. The maximum absolute atomic E-state index is 12.0. The van der Waals surface area contributed by atoms with Crippen LogP contribution in [0.5, 0.6) is 0 Å². The Morgan fingerprint density at radius 1 is 1.63 bits per heavy atom. The first kappa shape index (κ1) is 21.6. The number of nitrogens with zero attached hydrogens (tertiary/aromatic N) is 1. The number of aromatic amines is 1. The van der Waals surface area contributed by atoms with Crippen molar-refractivity contribution in [2.75, 3.05) is 13.2 Å². The lowest BCUT2D eigenvalue weighted by atomic mass is 10.2. The molecule has 0 aromatic carbocycles. The maximum atomic E-state index is 12.0. The van der Waals surface area contributed by atoms with Crippen molar-refractivity contribution >= 4 is 25.7 Å². The van der Waals surface area contributed by atoms with E-state index in [-0.39, 0.29) is 13.2 Å². The second-order valence-electron chi connectivity index (χ2n) is 5.63. The van der Waals surface area contributed by atoms with Crippen LogP contribution in [0.1, 0.15) is 19.6 Å². The van der Waals surface area contributed by atoms with Crippen LogP contribution in [0, 0.1) is 0 Å². The fraction of sp³-hybridized carbons (Fsp3) is 0.533. The molecule has 0 bridgehead atoms. The number of carbonyl (C=O) groups excluding carboxylic acids is 1. The lowest BCUT2D eigenvalue weighted by Gasteiger charge is -2.17. The van der Waals surface area contributed by atoms with E-state index in [4.69, 9.17) is 25.6 Å². The Labute approximate surface area is 160 Å². The van der Waals surface area contributed by atoms with Gasteiger partial charge in [0.05, 0.1) is 24.7 Å². The van der Waals surface area contributed by atoms with E-state index in [1.807, 2.05) is 0 Å². The van der Waals surface area contributed by atoms with E-state index in [0.29, 0.717) is 6.42 Å². The summed E-state index contributed by atoms with van der Waals surface area (Å²) in [5, 5.41) is 1.95. The van der Waals surface area contributed by atoms with Crippen molar-refractivity contribution in [2.24, 2.45) is 0 Å². The van der Waals surface area contributed by atoms with Gasteiger partial charge >= 0.3 is 11.7 Å². The van der Waals surface area contributed by atoms with Crippen molar-refractivity contribution < 1.29 is 23.4 Å². The predicted octanol–water partition coefficient (Wildman–Crippen LogP) is 0.545. The third-order valence-corrected chi connectivity index (χ3v) is 5.07. The Morgan fingerprint density at radius 2 is 2.37 bits per heavy atom. The number of rotatable bonds is 9. The van der Waals surface area contributed by atoms with Gasteiger partial charge in [-0.2, -0.15) is 0 Å². The zero-order chi connectivity index (χ0) is 20.0. The zero-order valence-corrected chi connectivity index (χ0v) is 16.3. The first-order valence-corrected chi connectivity index (χ1v) is 9.94. The molecule has 1 aromatic rings. The van der Waals surface area contributed by atoms with Gasteiger partial charge in [0.1, 0.15) is 6.04 Å². The molecule has 1 fully saturated rings. The van der Waals surface area contributed by atoms with Gasteiger partial charge in [-0.1, -0.05) is 6.08 Å². The van der Waals surface area contributed by atoms with Crippen LogP contribution >= 0.6 is 19.8 Å². The van der Waals surface area contributed by atoms with E-state index in [9.17, 15) is 18.9 Å². The summed E-state index contributed by atoms with van der Waals surface area (Å²) < 4.78 is 28.9. The number of H-pyrrole nitrogens is 1. The van der Waals surface area contributed by atoms with Gasteiger partial charge in [-0.25, -0.2) is 14.7 Å². The molecule has 2 N–H and O–H groups in total. The molecule has 150 valence electrons. The molecule has 1 aromatic heterocycles. The summed E-state index contributed by atoms with van der Waals surface area (Å²) in [7, 11) is -2.77. The van der Waals surface area contributed by atoms with Crippen molar-refractivity contribution in [3.8, 4) is 0 Å². The highest BCUT2D eigenvalue weighted by molar-refractivity contribution is 7.36. The first-order valence-electron chi connectivity index (χ1n) is 8.19. The summed E-state index contributed by atoms with van der Waals surface area (Å²) in [4.78, 5) is 36.7. The molecule has 0 spiro atoms. The second kappa shape index (κ2) is 10.0. The molecule has 1 saturated heterocycles. The maximum Gasteiger partial charge on any atom is 0.330 e. The van der Waals surface area contributed by atoms with Crippen molar-refractivity contribution in [1.82, 2.24) is 14.6 Å². The summed E-state index contributed by atoms with van der Waals surface area (Å²) in [6, 6.07) is 0.236. The van der Waals surface area contributed by atoms with E-state index in [0.717, 1.165) is 0 Å². The van der Waals surface area contributed by atoms with Crippen LogP contribution < -0.4 is 16.3 Å². The molecule has 2 heterocycles. The van der Waals surface area contributed by atoms with E-state index in [1.54, 1.807) is 6.92 Å². The Bertz CT molecular complexity index is 811. The van der Waals surface area contributed by atoms with Crippen LogP contribution in [0.25, 0.3) is 0 Å². The summed E-state index contributed by atoms with van der Waals surface area (Å²) >= 11 is 6.23. The third-order valence-electron chi connectivity index (χ3n) is 3.70. The highest BCUT2D eigenvalue weighted by Crippen LogP contribution is 2.33. The summed E-state index contributed by atoms with van der Waals surface area (Å²) in [6.45, 7) is 5.26. The van der Waals surface area contributed by atoms with Gasteiger partial charge in [-0.15, -0.1) is 18.2 Å². The molecule has 12 heteroatoms. The molecule has 0 radical (unpaired) electrons. The van der Waals surface area contributed by atoms with Crippen molar-refractivity contribution in [3.63, 3.8) is 0 Å². The number of alkyl halides is 1. The minimum atomic E-state index is -2.77. The minimum Gasteiger partial charge on any atom is -0.465 e. The molecule has 2 rings (SSSR count). The molecule has 0 aliphatic carbocycles. The highest BCUT2D eigenvalue weighted by atomic mass is 35.5. The standard InChI is InChI=1S/C15H21ClN3O7P/c1-3-11(14(21)24-4-2)18-27(23)25-8-9-7-10(16)13(26-9)19-6-5-12(20)17-15(19)22/h3,5-6,9-11,13,27H,1,4,7-8H2,2H3,(H,18,23)(H,17,20,22)/t9-,10-,11-,13+/m0/s1. The number of ether oxygens (including phenoxy) is 2. The Kier molecular flexibility index (Phi) is 8.00. The van der Waals surface area contributed by atoms with E-state index in [1.165, 1.54) is 22.9 Å². The Balaban J connectivity index is 1.89. The van der Waals surface area contributed by atoms with Gasteiger partial charge in [0.25, 0.3) is 13.7 Å². The fourth-order valence-corrected chi connectivity index (χ4v) is 3.75. The first-order chi connectivity index (χ1) is 12.8. The van der Waals surface area contributed by atoms with Crippen LogP contribution in [0.2, 0.25) is 0 Å². The third kappa shape index (κ3) is 5.88. The molecule has 0 saturated carbocycles. The molecule has 1 unspecified atom stereocenters. The predicted molar refractivity (Wildman–Crippen MR) is 98.2 cm³/mol. The number of hydrogen-bond donors (Lipinski definition) is 2. The molecular formula is C15H21ClN3O7P.